The molecule has 0 aliphatic carbocycles. The van der Waals surface area contributed by atoms with E-state index in [2.05, 4.69) is 5.32 Å². The number of nitrogens with one attached hydrogen (secondary N) is 1. The molecule has 1 fully saturated rings. The van der Waals surface area contributed by atoms with E-state index in [4.69, 9.17) is 17.0 Å². The van der Waals surface area contributed by atoms with Crippen molar-refractivity contribution in [2.75, 3.05) is 11.9 Å². The van der Waals surface area contributed by atoms with Gasteiger partial charge in [-0.1, -0.05) is 60.4 Å². The molecule has 0 atom stereocenters. The number of nitrogens with zero attached hydrogens (tertiary/aromatic N) is 1. The Balaban J connectivity index is 1.71. The van der Waals surface area contributed by atoms with Crippen LogP contribution in [0.2, 0.25) is 0 Å². The number of ether oxygens (including phenoxy) is 1. The summed E-state index contributed by atoms with van der Waals surface area (Å²) >= 11 is 6.60. The molecule has 7 heteroatoms. The fourth-order valence-corrected chi connectivity index (χ4v) is 4.36. The molecular formula is C22H22N2O3S2. The van der Waals surface area contributed by atoms with Crippen LogP contribution >= 0.6 is 24.0 Å². The van der Waals surface area contributed by atoms with Crippen molar-refractivity contribution in [1.82, 2.24) is 4.90 Å². The number of hydrogen-bond acceptors (Lipinski definition) is 5. The third-order valence-corrected chi connectivity index (χ3v) is 5.65. The van der Waals surface area contributed by atoms with Crippen molar-refractivity contribution >= 4 is 51.9 Å². The Morgan fingerprint density at radius 3 is 2.59 bits per heavy atom. The zero-order valence-electron chi connectivity index (χ0n) is 16.5. The number of para-hydroxylation sites is 2. The molecule has 3 rings (SSSR count). The van der Waals surface area contributed by atoms with Crippen LogP contribution in [0.1, 0.15) is 25.0 Å². The lowest BCUT2D eigenvalue weighted by Gasteiger charge is -2.18. The molecule has 0 radical (unpaired) electrons. The van der Waals surface area contributed by atoms with E-state index in [-0.39, 0.29) is 24.5 Å². The lowest BCUT2D eigenvalue weighted by molar-refractivity contribution is -0.123. The SMILES string of the molecule is Cc1ccccc1NC(=O)COc1ccccc1/C=C1\SC(=S)N(C(C)C)C1=O. The summed E-state index contributed by atoms with van der Waals surface area (Å²) in [6.45, 7) is 5.65. The summed E-state index contributed by atoms with van der Waals surface area (Å²) < 4.78 is 6.28. The van der Waals surface area contributed by atoms with Crippen LogP contribution in [-0.2, 0) is 9.59 Å². The first-order valence-corrected chi connectivity index (χ1v) is 10.4. The first-order chi connectivity index (χ1) is 13.9. The van der Waals surface area contributed by atoms with Crippen molar-refractivity contribution in [3.8, 4) is 5.75 Å². The standard InChI is InChI=1S/C22H22N2O3S2/c1-14(2)24-21(26)19(29-22(24)28)12-16-9-5-7-11-18(16)27-13-20(25)23-17-10-6-4-8-15(17)3/h4-12,14H,13H2,1-3H3,(H,23,25)/b19-12-. The van der Waals surface area contributed by atoms with Crippen LogP contribution < -0.4 is 10.1 Å². The molecule has 1 saturated heterocycles. The molecule has 0 unspecified atom stereocenters. The van der Waals surface area contributed by atoms with Gasteiger partial charge in [-0.25, -0.2) is 0 Å². The molecule has 2 aromatic rings. The molecule has 1 aliphatic heterocycles. The summed E-state index contributed by atoms with van der Waals surface area (Å²) in [4.78, 5) is 27.0. The van der Waals surface area contributed by atoms with E-state index in [9.17, 15) is 9.59 Å². The van der Waals surface area contributed by atoms with Crippen LogP contribution in [0.25, 0.3) is 6.08 Å². The Hall–Kier alpha value is -2.64. The summed E-state index contributed by atoms with van der Waals surface area (Å²) in [5, 5.41) is 2.84. The predicted octanol–water partition coefficient (Wildman–Crippen LogP) is 4.62. The van der Waals surface area contributed by atoms with E-state index in [1.54, 1.807) is 17.0 Å². The van der Waals surface area contributed by atoms with Gasteiger partial charge in [0.25, 0.3) is 11.8 Å². The van der Waals surface area contributed by atoms with Gasteiger partial charge in [-0.15, -0.1) is 0 Å². The van der Waals surface area contributed by atoms with Crippen molar-refractivity contribution in [2.24, 2.45) is 0 Å². The highest BCUT2D eigenvalue weighted by atomic mass is 32.2. The summed E-state index contributed by atoms with van der Waals surface area (Å²) in [5.41, 5.74) is 2.46. The lowest BCUT2D eigenvalue weighted by atomic mass is 10.2. The molecule has 2 aromatic carbocycles. The number of thioether (sulfide) groups is 1. The smallest absolute Gasteiger partial charge is 0.266 e. The highest BCUT2D eigenvalue weighted by Gasteiger charge is 2.33. The molecule has 1 aliphatic rings. The highest BCUT2D eigenvalue weighted by molar-refractivity contribution is 8.26. The molecule has 2 amide bonds. The minimum absolute atomic E-state index is 0.00466. The fourth-order valence-electron chi connectivity index (χ4n) is 2.84. The normalized spacial score (nSPS) is 15.3. The number of amides is 2. The molecule has 5 nitrogen and oxygen atoms in total. The van der Waals surface area contributed by atoms with Crippen molar-refractivity contribution in [2.45, 2.75) is 26.8 Å². The number of anilines is 1. The second kappa shape index (κ2) is 9.24. The second-order valence-electron chi connectivity index (χ2n) is 6.84. The van der Waals surface area contributed by atoms with Gasteiger partial charge in [0.05, 0.1) is 4.91 Å². The number of aryl methyl sites for hydroxylation is 1. The van der Waals surface area contributed by atoms with Gasteiger partial charge in [0.15, 0.2) is 6.61 Å². The first-order valence-electron chi connectivity index (χ1n) is 9.21. The number of benzene rings is 2. The topological polar surface area (TPSA) is 58.6 Å². The number of carbonyl (C=O) groups is 2. The minimum atomic E-state index is -0.250. The number of thiocarbonyl (C=S) groups is 1. The van der Waals surface area contributed by atoms with Gasteiger partial charge in [0, 0.05) is 17.3 Å². The molecule has 150 valence electrons. The van der Waals surface area contributed by atoms with Crippen molar-refractivity contribution in [3.63, 3.8) is 0 Å². The van der Waals surface area contributed by atoms with Crippen molar-refractivity contribution < 1.29 is 14.3 Å². The van der Waals surface area contributed by atoms with E-state index in [0.717, 1.165) is 16.8 Å². The van der Waals surface area contributed by atoms with E-state index < -0.39 is 0 Å². The van der Waals surface area contributed by atoms with Crippen molar-refractivity contribution in [1.29, 1.82) is 0 Å². The quantitative estimate of drug-likeness (QED) is 0.539. The second-order valence-corrected chi connectivity index (χ2v) is 8.51. The van der Waals surface area contributed by atoms with E-state index in [1.807, 2.05) is 63.2 Å². The Kier molecular flexibility index (Phi) is 6.71. The van der Waals surface area contributed by atoms with Gasteiger partial charge < -0.3 is 10.1 Å². The predicted molar refractivity (Wildman–Crippen MR) is 122 cm³/mol. The van der Waals surface area contributed by atoms with Crippen molar-refractivity contribution in [3.05, 3.63) is 64.6 Å². The van der Waals surface area contributed by atoms with Gasteiger partial charge in [0.1, 0.15) is 10.1 Å². The molecule has 0 saturated carbocycles. The molecule has 29 heavy (non-hydrogen) atoms. The Bertz CT molecular complexity index is 986. The lowest BCUT2D eigenvalue weighted by Crippen LogP contribution is -2.34. The number of carbonyl (C=O) groups excluding carboxylic acids is 2. The summed E-state index contributed by atoms with van der Waals surface area (Å²) in [6.07, 6.45) is 1.76. The van der Waals surface area contributed by atoms with Crippen LogP contribution in [0.4, 0.5) is 5.69 Å². The largest absolute Gasteiger partial charge is 0.483 e. The maximum atomic E-state index is 12.6. The molecule has 1 heterocycles. The van der Waals surface area contributed by atoms with Gasteiger partial charge in [0.2, 0.25) is 0 Å². The Morgan fingerprint density at radius 2 is 1.90 bits per heavy atom. The average molecular weight is 427 g/mol. The van der Waals surface area contributed by atoms with Gasteiger partial charge in [-0.3, -0.25) is 14.5 Å². The molecular weight excluding hydrogens is 404 g/mol. The summed E-state index contributed by atoms with van der Waals surface area (Å²) in [7, 11) is 0. The van der Waals surface area contributed by atoms with Gasteiger partial charge >= 0.3 is 0 Å². The zero-order chi connectivity index (χ0) is 21.0. The van der Waals surface area contributed by atoms with Crippen LogP contribution in [0, 0.1) is 6.92 Å². The van der Waals surface area contributed by atoms with Gasteiger partial charge in [-0.2, -0.15) is 0 Å². The maximum Gasteiger partial charge on any atom is 0.266 e. The van der Waals surface area contributed by atoms with E-state index in [0.29, 0.717) is 15.0 Å². The average Bonchev–Trinajstić information content (AvgIpc) is 2.96. The molecule has 0 aromatic heterocycles. The summed E-state index contributed by atoms with van der Waals surface area (Å²) in [5.74, 6) is 0.171. The molecule has 1 N–H and O–H groups in total. The molecule has 0 spiro atoms. The first kappa shape index (κ1) is 21.1. The third kappa shape index (κ3) is 5.05. The van der Waals surface area contributed by atoms with Crippen LogP contribution in [0.5, 0.6) is 5.75 Å². The van der Waals surface area contributed by atoms with E-state index >= 15 is 0 Å². The van der Waals surface area contributed by atoms with E-state index in [1.165, 1.54) is 11.8 Å². The minimum Gasteiger partial charge on any atom is -0.483 e. The fraction of sp³-hybridized carbons (Fsp3) is 0.227. The monoisotopic (exact) mass is 426 g/mol. The summed E-state index contributed by atoms with van der Waals surface area (Å²) in [6, 6.07) is 14.9. The Labute approximate surface area is 180 Å². The third-order valence-electron chi connectivity index (χ3n) is 4.32. The van der Waals surface area contributed by atoms with Gasteiger partial charge in [-0.05, 0) is 44.5 Å². The highest BCUT2D eigenvalue weighted by Crippen LogP contribution is 2.35. The van der Waals surface area contributed by atoms with Crippen LogP contribution in [0.3, 0.4) is 0 Å². The maximum absolute atomic E-state index is 12.6. The Morgan fingerprint density at radius 1 is 1.21 bits per heavy atom. The number of rotatable bonds is 6. The zero-order valence-corrected chi connectivity index (χ0v) is 18.1. The molecule has 0 bridgehead atoms. The van der Waals surface area contributed by atoms with Crippen LogP contribution in [-0.4, -0.2) is 33.7 Å². The van der Waals surface area contributed by atoms with Crippen LogP contribution in [0.15, 0.2) is 53.4 Å². The number of hydrogen-bond donors (Lipinski definition) is 1.